The van der Waals surface area contributed by atoms with Crippen LogP contribution in [-0.4, -0.2) is 20.9 Å². The van der Waals surface area contributed by atoms with Gasteiger partial charge in [0.05, 0.1) is 22.5 Å². The number of carbonyl (C=O) groups excluding carboxylic acids is 1. The van der Waals surface area contributed by atoms with Gasteiger partial charge in [-0.15, -0.1) is 0 Å². The van der Waals surface area contributed by atoms with Gasteiger partial charge in [0.15, 0.2) is 0 Å². The molecule has 2 heterocycles. The summed E-state index contributed by atoms with van der Waals surface area (Å²) in [6.07, 6.45) is -5.31. The molecule has 2 N–H and O–H groups in total. The highest BCUT2D eigenvalue weighted by Gasteiger charge is 2.34. The zero-order chi connectivity index (χ0) is 25.9. The van der Waals surface area contributed by atoms with E-state index in [1.54, 1.807) is 18.2 Å². The molecule has 0 saturated heterocycles. The number of rotatable bonds is 5. The fourth-order valence-corrected chi connectivity index (χ4v) is 3.30. The van der Waals surface area contributed by atoms with Crippen molar-refractivity contribution in [1.82, 2.24) is 15.0 Å². The van der Waals surface area contributed by atoms with E-state index in [1.807, 2.05) is 0 Å². The van der Waals surface area contributed by atoms with E-state index in [0.717, 1.165) is 30.3 Å². The third-order valence-corrected chi connectivity index (χ3v) is 4.95. The molecule has 0 aliphatic rings. The van der Waals surface area contributed by atoms with Crippen LogP contribution in [0.3, 0.4) is 0 Å². The van der Waals surface area contributed by atoms with E-state index in [9.17, 15) is 31.1 Å². The molecule has 1 amide bonds. The van der Waals surface area contributed by atoms with Gasteiger partial charge in [-0.3, -0.25) is 4.79 Å². The van der Waals surface area contributed by atoms with Crippen molar-refractivity contribution in [1.29, 1.82) is 0 Å². The lowest BCUT2D eigenvalue weighted by molar-refractivity contribution is -0.138. The second-order valence-corrected chi connectivity index (χ2v) is 7.41. The molecular formula is C24H15F6N5O. The van der Waals surface area contributed by atoms with E-state index in [0.29, 0.717) is 17.3 Å². The van der Waals surface area contributed by atoms with Gasteiger partial charge >= 0.3 is 12.4 Å². The number of pyridine rings is 1. The predicted molar refractivity (Wildman–Crippen MR) is 119 cm³/mol. The molecule has 184 valence electrons. The van der Waals surface area contributed by atoms with Gasteiger partial charge in [-0.1, -0.05) is 6.07 Å². The molecule has 0 atom stereocenters. The van der Waals surface area contributed by atoms with Crippen LogP contribution in [0.15, 0.2) is 79.4 Å². The molecule has 12 heteroatoms. The van der Waals surface area contributed by atoms with Crippen molar-refractivity contribution >= 4 is 23.1 Å². The van der Waals surface area contributed by atoms with Gasteiger partial charge < -0.3 is 10.6 Å². The van der Waals surface area contributed by atoms with Crippen LogP contribution >= 0.6 is 0 Å². The van der Waals surface area contributed by atoms with Crippen LogP contribution in [0, 0.1) is 0 Å². The molecule has 2 aromatic heterocycles. The molecule has 0 radical (unpaired) electrons. The first-order valence-electron chi connectivity index (χ1n) is 10.2. The highest BCUT2D eigenvalue weighted by Crippen LogP contribution is 2.38. The molecule has 0 spiro atoms. The van der Waals surface area contributed by atoms with Gasteiger partial charge in [0.2, 0.25) is 0 Å². The third-order valence-electron chi connectivity index (χ3n) is 4.95. The number of nitrogens with one attached hydrogen (secondary N) is 2. The van der Waals surface area contributed by atoms with Crippen molar-refractivity contribution in [3.05, 3.63) is 96.1 Å². The van der Waals surface area contributed by atoms with E-state index in [1.165, 1.54) is 24.8 Å². The van der Waals surface area contributed by atoms with E-state index >= 15 is 0 Å². The van der Waals surface area contributed by atoms with Crippen LogP contribution in [0.5, 0.6) is 0 Å². The zero-order valence-electron chi connectivity index (χ0n) is 18.0. The average Bonchev–Trinajstić information content (AvgIpc) is 2.84. The number of hydrogen-bond acceptors (Lipinski definition) is 5. The molecule has 0 unspecified atom stereocenters. The SMILES string of the molecule is O=C(Nc1cccc(C(F)(F)F)c1)c1ccc(C(F)(F)F)c(Nc2ncccc2-c2ccncn2)c1. The van der Waals surface area contributed by atoms with Crippen molar-refractivity contribution in [2.75, 3.05) is 10.6 Å². The summed E-state index contributed by atoms with van der Waals surface area (Å²) in [5.74, 6) is -0.861. The molecule has 0 aliphatic carbocycles. The Morgan fingerprint density at radius 2 is 1.61 bits per heavy atom. The van der Waals surface area contributed by atoms with Gasteiger partial charge in [0.1, 0.15) is 12.1 Å². The standard InChI is InChI=1S/C24H15F6N5O/c25-23(26,27)15-3-1-4-16(12-15)34-22(36)14-6-7-18(24(28,29)30)20(11-14)35-21-17(5-2-9-32-21)19-8-10-31-13-33-19/h1-13H,(H,32,35)(H,34,36). The second kappa shape index (κ2) is 9.64. The lowest BCUT2D eigenvalue weighted by Gasteiger charge is -2.17. The minimum Gasteiger partial charge on any atom is -0.339 e. The van der Waals surface area contributed by atoms with E-state index in [-0.39, 0.29) is 17.1 Å². The number of carbonyl (C=O) groups is 1. The molecule has 4 rings (SSSR count). The van der Waals surface area contributed by atoms with Gasteiger partial charge in [0.25, 0.3) is 5.91 Å². The van der Waals surface area contributed by atoms with Crippen LogP contribution in [-0.2, 0) is 12.4 Å². The monoisotopic (exact) mass is 503 g/mol. The molecule has 36 heavy (non-hydrogen) atoms. The molecule has 0 saturated carbocycles. The Labute approximate surface area is 200 Å². The summed E-state index contributed by atoms with van der Waals surface area (Å²) in [7, 11) is 0. The van der Waals surface area contributed by atoms with Crippen LogP contribution in [0.4, 0.5) is 43.5 Å². The molecule has 0 bridgehead atoms. The van der Waals surface area contributed by atoms with Crippen LogP contribution in [0.2, 0.25) is 0 Å². The molecule has 0 fully saturated rings. The highest BCUT2D eigenvalue weighted by molar-refractivity contribution is 6.05. The summed E-state index contributed by atoms with van der Waals surface area (Å²) in [5, 5.41) is 4.89. The van der Waals surface area contributed by atoms with Gasteiger partial charge in [-0.25, -0.2) is 15.0 Å². The first-order chi connectivity index (χ1) is 17.0. The van der Waals surface area contributed by atoms with Gasteiger partial charge in [0, 0.05) is 29.2 Å². The number of halogens is 6. The molecular weight excluding hydrogens is 488 g/mol. The average molecular weight is 503 g/mol. The fourth-order valence-electron chi connectivity index (χ4n) is 3.30. The minimum atomic E-state index is -4.78. The number of nitrogens with zero attached hydrogens (tertiary/aromatic N) is 3. The van der Waals surface area contributed by atoms with Crippen LogP contribution < -0.4 is 10.6 Å². The Morgan fingerprint density at radius 1 is 0.806 bits per heavy atom. The lowest BCUT2D eigenvalue weighted by atomic mass is 10.1. The number of anilines is 3. The molecule has 4 aromatic rings. The Hall–Kier alpha value is -4.48. The summed E-state index contributed by atoms with van der Waals surface area (Å²) in [6.45, 7) is 0. The largest absolute Gasteiger partial charge is 0.418 e. The number of aromatic nitrogens is 3. The molecule has 0 aliphatic heterocycles. The van der Waals surface area contributed by atoms with E-state index in [2.05, 4.69) is 25.6 Å². The van der Waals surface area contributed by atoms with Gasteiger partial charge in [-0.05, 0) is 54.6 Å². The molecule has 6 nitrogen and oxygen atoms in total. The smallest absolute Gasteiger partial charge is 0.339 e. The fraction of sp³-hybridized carbons (Fsp3) is 0.0833. The van der Waals surface area contributed by atoms with Crippen molar-refractivity contribution in [2.24, 2.45) is 0 Å². The maximum atomic E-state index is 13.7. The van der Waals surface area contributed by atoms with E-state index < -0.39 is 35.1 Å². The Kier molecular flexibility index (Phi) is 6.60. The summed E-state index contributed by atoms with van der Waals surface area (Å²) < 4.78 is 80.0. The number of hydrogen-bond donors (Lipinski definition) is 2. The first-order valence-corrected chi connectivity index (χ1v) is 10.2. The summed E-state index contributed by atoms with van der Waals surface area (Å²) >= 11 is 0. The summed E-state index contributed by atoms with van der Waals surface area (Å²) in [4.78, 5) is 24.7. The summed E-state index contributed by atoms with van der Waals surface area (Å²) in [6, 6.07) is 11.2. The van der Waals surface area contributed by atoms with Crippen molar-refractivity contribution < 1.29 is 31.1 Å². The Bertz CT molecular complexity index is 1390. The third kappa shape index (κ3) is 5.59. The zero-order valence-corrected chi connectivity index (χ0v) is 18.0. The first kappa shape index (κ1) is 24.6. The Morgan fingerprint density at radius 3 is 2.31 bits per heavy atom. The quantitative estimate of drug-likeness (QED) is 0.301. The maximum Gasteiger partial charge on any atom is 0.418 e. The van der Waals surface area contributed by atoms with Gasteiger partial charge in [-0.2, -0.15) is 26.3 Å². The summed E-state index contributed by atoms with van der Waals surface area (Å²) in [5.41, 5.74) is -2.14. The van der Waals surface area contributed by atoms with Crippen molar-refractivity contribution in [3.63, 3.8) is 0 Å². The highest BCUT2D eigenvalue weighted by atomic mass is 19.4. The number of alkyl halides is 6. The lowest BCUT2D eigenvalue weighted by Crippen LogP contribution is -2.15. The maximum absolute atomic E-state index is 13.7. The minimum absolute atomic E-state index is 0.0390. The van der Waals surface area contributed by atoms with Crippen molar-refractivity contribution in [3.8, 4) is 11.3 Å². The number of amides is 1. The topological polar surface area (TPSA) is 79.8 Å². The van der Waals surface area contributed by atoms with Crippen LogP contribution in [0.25, 0.3) is 11.3 Å². The second-order valence-electron chi connectivity index (χ2n) is 7.41. The Balaban J connectivity index is 1.69. The molecule has 2 aromatic carbocycles. The predicted octanol–water partition coefficient (Wildman–Crippen LogP) is 6.57. The van der Waals surface area contributed by atoms with Crippen molar-refractivity contribution in [2.45, 2.75) is 12.4 Å². The number of benzene rings is 2. The van der Waals surface area contributed by atoms with E-state index in [4.69, 9.17) is 0 Å². The normalized spacial score (nSPS) is 11.7. The van der Waals surface area contributed by atoms with Crippen LogP contribution in [0.1, 0.15) is 21.5 Å².